The van der Waals surface area contributed by atoms with Crippen LogP contribution in [-0.2, 0) is 17.6 Å². The number of pyridine rings is 1. The van der Waals surface area contributed by atoms with Crippen molar-refractivity contribution in [3.63, 3.8) is 0 Å². The second kappa shape index (κ2) is 14.6. The Morgan fingerprint density at radius 2 is 1.75 bits per heavy atom. The molecule has 0 bridgehead atoms. The molecule has 0 aliphatic carbocycles. The summed E-state index contributed by atoms with van der Waals surface area (Å²) >= 11 is 1.95. The van der Waals surface area contributed by atoms with Crippen LogP contribution >= 0.6 is 11.3 Å². The maximum atomic E-state index is 8.36. The minimum Gasteiger partial charge on any atom is -0.483 e. The summed E-state index contributed by atoms with van der Waals surface area (Å²) in [7, 11) is 0. The molecule has 174 valence electrons. The minimum absolute atomic E-state index is 0.250. The topological polar surface area (TPSA) is 50.2 Å². The van der Waals surface area contributed by atoms with E-state index in [0.717, 1.165) is 6.42 Å². The molecule has 3 rings (SSSR count). The number of aryl methyl sites for hydroxylation is 4. The molecule has 0 radical (unpaired) electrons. The molecule has 0 aliphatic heterocycles. The van der Waals surface area contributed by atoms with Crippen LogP contribution in [-0.4, -0.2) is 16.6 Å². The molecule has 3 nitrogen and oxygen atoms in total. The van der Waals surface area contributed by atoms with Gasteiger partial charge in [0.2, 0.25) is 0 Å². The van der Waals surface area contributed by atoms with Crippen molar-refractivity contribution in [2.45, 2.75) is 79.6 Å². The van der Waals surface area contributed by atoms with Gasteiger partial charge in [0, 0.05) is 10.6 Å². The zero-order valence-corrected chi connectivity index (χ0v) is 21.4. The second-order valence-corrected chi connectivity index (χ2v) is 9.07. The number of rotatable bonds is 7. The fourth-order valence-electron chi connectivity index (χ4n) is 4.08. The predicted octanol–water partition coefficient (Wildman–Crippen LogP) is 8.36. The lowest BCUT2D eigenvalue weighted by Gasteiger charge is -2.17. The zero-order chi connectivity index (χ0) is 24.1. The van der Waals surface area contributed by atoms with Crippen molar-refractivity contribution in [2.75, 3.05) is 0 Å². The molecule has 0 saturated carbocycles. The van der Waals surface area contributed by atoms with Gasteiger partial charge in [-0.3, -0.25) is 9.78 Å². The molecule has 0 saturated heterocycles. The highest BCUT2D eigenvalue weighted by atomic mass is 32.1. The van der Waals surface area contributed by atoms with Crippen LogP contribution in [0.2, 0.25) is 0 Å². The Labute approximate surface area is 198 Å². The van der Waals surface area contributed by atoms with Gasteiger partial charge in [0.25, 0.3) is 6.47 Å². The van der Waals surface area contributed by atoms with Gasteiger partial charge in [-0.25, -0.2) is 0 Å². The Kier molecular flexibility index (Phi) is 12.6. The van der Waals surface area contributed by atoms with Crippen molar-refractivity contribution in [3.8, 4) is 0 Å². The Bertz CT molecular complexity index is 976. The zero-order valence-electron chi connectivity index (χ0n) is 20.6. The Balaban J connectivity index is 0.000000424. The van der Waals surface area contributed by atoms with Gasteiger partial charge in [0.15, 0.2) is 0 Å². The summed E-state index contributed by atoms with van der Waals surface area (Å²) in [5, 5.41) is 6.89. The number of aromatic nitrogens is 1. The normalized spacial score (nSPS) is 11.1. The van der Waals surface area contributed by atoms with E-state index in [1.165, 1.54) is 68.7 Å². The molecule has 2 aromatic heterocycles. The molecule has 0 aliphatic rings. The van der Waals surface area contributed by atoms with Crippen LogP contribution in [0.4, 0.5) is 0 Å². The van der Waals surface area contributed by atoms with Crippen LogP contribution in [0.15, 0.2) is 36.9 Å². The molecule has 0 spiro atoms. The number of thiophene rings is 1. The number of hydrogen-bond donors (Lipinski definition) is 1. The van der Waals surface area contributed by atoms with Gasteiger partial charge in [0.05, 0.1) is 10.2 Å². The maximum absolute atomic E-state index is 8.36. The smallest absolute Gasteiger partial charge is 0.290 e. The molecule has 1 aromatic carbocycles. The standard InChI is InChI=1S/C20H29NS.C7H8.CH2O2/c1-7-11-13(5)18-14(6)21-19-15(9-3)17(12-8-2)22-20(19)16(18)10-4;1-7-5-3-2-4-6-7;2-1-3/h10,13H,4,7-9,11-12H2,1-3,5-6H3;2-6H,1H3;1H,(H,2,3). The van der Waals surface area contributed by atoms with Gasteiger partial charge < -0.3 is 5.11 Å². The molecule has 3 aromatic rings. The van der Waals surface area contributed by atoms with Crippen molar-refractivity contribution in [2.24, 2.45) is 0 Å². The van der Waals surface area contributed by atoms with Crippen molar-refractivity contribution in [1.82, 2.24) is 4.98 Å². The second-order valence-electron chi connectivity index (χ2n) is 7.96. The molecule has 1 N–H and O–H groups in total. The highest BCUT2D eigenvalue weighted by Crippen LogP contribution is 2.39. The van der Waals surface area contributed by atoms with Crippen molar-refractivity contribution in [3.05, 3.63) is 69.7 Å². The minimum atomic E-state index is -0.250. The highest BCUT2D eigenvalue weighted by Gasteiger charge is 2.20. The Morgan fingerprint density at radius 1 is 1.12 bits per heavy atom. The third-order valence-electron chi connectivity index (χ3n) is 5.46. The summed E-state index contributed by atoms with van der Waals surface area (Å²) < 4.78 is 1.36. The van der Waals surface area contributed by atoms with Gasteiger partial charge in [-0.05, 0) is 55.7 Å². The molecule has 1 atom stereocenters. The number of carbonyl (C=O) groups is 1. The lowest BCUT2D eigenvalue weighted by molar-refractivity contribution is -0.122. The van der Waals surface area contributed by atoms with Crippen LogP contribution < -0.4 is 0 Å². The van der Waals surface area contributed by atoms with Crippen LogP contribution in [0.5, 0.6) is 0 Å². The van der Waals surface area contributed by atoms with Crippen LogP contribution in [0.1, 0.15) is 85.7 Å². The third-order valence-corrected chi connectivity index (χ3v) is 6.77. The van der Waals surface area contributed by atoms with E-state index in [0.29, 0.717) is 5.92 Å². The fraction of sp³-hybridized carbons (Fsp3) is 0.429. The first kappa shape index (κ1) is 27.6. The Morgan fingerprint density at radius 3 is 2.19 bits per heavy atom. The van der Waals surface area contributed by atoms with Crippen molar-refractivity contribution >= 4 is 34.1 Å². The number of hydrogen-bond acceptors (Lipinski definition) is 3. The summed E-state index contributed by atoms with van der Waals surface area (Å²) in [4.78, 5) is 14.9. The average Bonchev–Trinajstić information content (AvgIpc) is 3.11. The van der Waals surface area contributed by atoms with E-state index in [-0.39, 0.29) is 6.47 Å². The van der Waals surface area contributed by atoms with Gasteiger partial charge in [-0.2, -0.15) is 0 Å². The SMILES string of the molecule is C=Cc1c(C(C)CCC)c(C)nc2c(CC)c(CCC)sc12.Cc1ccccc1.O=CO. The quantitative estimate of drug-likeness (QED) is 0.366. The van der Waals surface area contributed by atoms with Crippen molar-refractivity contribution < 1.29 is 9.90 Å². The number of carboxylic acid groups (broad SMARTS) is 1. The number of nitrogens with zero attached hydrogens (tertiary/aromatic N) is 1. The summed E-state index contributed by atoms with van der Waals surface area (Å²) in [6, 6.07) is 10.3. The largest absolute Gasteiger partial charge is 0.483 e. The van der Waals surface area contributed by atoms with Gasteiger partial charge >= 0.3 is 0 Å². The van der Waals surface area contributed by atoms with E-state index < -0.39 is 0 Å². The summed E-state index contributed by atoms with van der Waals surface area (Å²) in [5.41, 5.74) is 7.96. The number of fused-ring (bicyclic) bond motifs is 1. The van der Waals surface area contributed by atoms with Gasteiger partial charge in [-0.1, -0.05) is 89.1 Å². The first-order chi connectivity index (χ1) is 15.4. The molecule has 32 heavy (non-hydrogen) atoms. The molecule has 2 heterocycles. The summed E-state index contributed by atoms with van der Waals surface area (Å²) in [6.07, 6.45) is 7.91. The first-order valence-corrected chi connectivity index (χ1v) is 12.4. The van der Waals surface area contributed by atoms with E-state index in [1.54, 1.807) is 0 Å². The Hall–Kier alpha value is -2.46. The molecule has 1 unspecified atom stereocenters. The van der Waals surface area contributed by atoms with E-state index in [2.05, 4.69) is 66.3 Å². The fourth-order valence-corrected chi connectivity index (χ4v) is 5.56. The molecule has 0 amide bonds. The first-order valence-electron chi connectivity index (χ1n) is 11.6. The predicted molar refractivity (Wildman–Crippen MR) is 141 cm³/mol. The molecule has 0 fully saturated rings. The summed E-state index contributed by atoms with van der Waals surface area (Å²) in [6.45, 7) is 17.2. The van der Waals surface area contributed by atoms with Crippen molar-refractivity contribution in [1.29, 1.82) is 0 Å². The maximum Gasteiger partial charge on any atom is 0.290 e. The van der Waals surface area contributed by atoms with E-state index in [4.69, 9.17) is 14.9 Å². The van der Waals surface area contributed by atoms with Crippen LogP contribution in [0, 0.1) is 13.8 Å². The highest BCUT2D eigenvalue weighted by molar-refractivity contribution is 7.19. The van der Waals surface area contributed by atoms with Gasteiger partial charge in [-0.15, -0.1) is 11.3 Å². The van der Waals surface area contributed by atoms with E-state index >= 15 is 0 Å². The van der Waals surface area contributed by atoms with Crippen LogP contribution in [0.25, 0.3) is 16.3 Å². The molecule has 4 heteroatoms. The van der Waals surface area contributed by atoms with Crippen LogP contribution in [0.3, 0.4) is 0 Å². The summed E-state index contributed by atoms with van der Waals surface area (Å²) in [5.74, 6) is 0.553. The molecular weight excluding hydrogens is 414 g/mol. The average molecular weight is 454 g/mol. The van der Waals surface area contributed by atoms with E-state index in [1.807, 2.05) is 29.5 Å². The number of benzene rings is 1. The molecular formula is C28H39NO2S. The lowest BCUT2D eigenvalue weighted by atomic mass is 9.90. The van der Waals surface area contributed by atoms with Gasteiger partial charge in [0.1, 0.15) is 0 Å². The van der Waals surface area contributed by atoms with E-state index in [9.17, 15) is 0 Å². The third kappa shape index (κ3) is 7.30. The monoisotopic (exact) mass is 453 g/mol. The lowest BCUT2D eigenvalue weighted by Crippen LogP contribution is -2.03.